The van der Waals surface area contributed by atoms with Crippen LogP contribution < -0.4 is 10.6 Å². The van der Waals surface area contributed by atoms with Crippen LogP contribution in [-0.4, -0.2) is 40.3 Å². The van der Waals surface area contributed by atoms with E-state index < -0.39 is 0 Å². The van der Waals surface area contributed by atoms with Crippen LogP contribution in [0, 0.1) is 0 Å². The number of thiazole rings is 1. The molecule has 1 atom stereocenters. The molecule has 168 valence electrons. The van der Waals surface area contributed by atoms with Crippen LogP contribution >= 0.6 is 11.3 Å². The molecule has 0 fully saturated rings. The Morgan fingerprint density at radius 3 is 2.91 bits per heavy atom. The Bertz CT molecular complexity index is 1070. The molecule has 3 aromatic rings. The average molecular weight is 456 g/mol. The summed E-state index contributed by atoms with van der Waals surface area (Å²) in [6, 6.07) is 9.54. The number of rotatable bonds is 8. The molecule has 2 heterocycles. The minimum absolute atomic E-state index is 0.249. The zero-order valence-electron chi connectivity index (χ0n) is 17.8. The van der Waals surface area contributed by atoms with E-state index in [9.17, 15) is 9.59 Å². The first-order valence-electron chi connectivity index (χ1n) is 10.7. The number of carbonyl (C=O) groups excluding carboxylic acids is 2. The largest absolute Gasteiger partial charge is 0.465 e. The molecule has 32 heavy (non-hydrogen) atoms. The van der Waals surface area contributed by atoms with Crippen LogP contribution in [0.1, 0.15) is 53.5 Å². The maximum Gasteiger partial charge on any atom is 0.321 e. The van der Waals surface area contributed by atoms with Crippen molar-refractivity contribution in [1.29, 1.82) is 0 Å². The number of esters is 1. The second-order valence-electron chi connectivity index (χ2n) is 7.42. The van der Waals surface area contributed by atoms with Crippen LogP contribution in [0.4, 0.5) is 9.93 Å². The molecule has 1 aliphatic rings. The molecule has 0 saturated heterocycles. The van der Waals surface area contributed by atoms with Gasteiger partial charge in [0, 0.05) is 24.3 Å². The number of fused-ring (bicyclic) bond motifs is 1. The predicted molar refractivity (Wildman–Crippen MR) is 119 cm³/mol. The summed E-state index contributed by atoms with van der Waals surface area (Å²) in [6.07, 6.45) is 3.50. The number of nitrogens with zero attached hydrogens (tertiary/aromatic N) is 3. The average Bonchev–Trinajstić information content (AvgIpc) is 3.40. The van der Waals surface area contributed by atoms with Gasteiger partial charge in [-0.15, -0.1) is 11.3 Å². The molecule has 2 amide bonds. The van der Waals surface area contributed by atoms with Gasteiger partial charge in [-0.25, -0.2) is 9.78 Å². The lowest BCUT2D eigenvalue weighted by Gasteiger charge is -2.19. The third kappa shape index (κ3) is 5.50. The number of amides is 2. The Morgan fingerprint density at radius 2 is 2.09 bits per heavy atom. The molecule has 0 radical (unpaired) electrons. The van der Waals surface area contributed by atoms with Crippen molar-refractivity contribution in [2.45, 2.75) is 44.9 Å². The SMILES string of the molecule is CCOC(=O)C1CCCc2sc(NC(=O)NCCc3nc(Cc4ccccc4)no3)nc21. The smallest absolute Gasteiger partial charge is 0.321 e. The van der Waals surface area contributed by atoms with Crippen LogP contribution in [0.3, 0.4) is 0 Å². The van der Waals surface area contributed by atoms with Gasteiger partial charge in [0.1, 0.15) is 5.92 Å². The van der Waals surface area contributed by atoms with Crippen molar-refractivity contribution >= 4 is 28.5 Å². The molecule has 9 nitrogen and oxygen atoms in total. The van der Waals surface area contributed by atoms with Crippen molar-refractivity contribution in [2.24, 2.45) is 0 Å². The molecule has 1 aliphatic carbocycles. The number of aryl methyl sites for hydroxylation is 1. The van der Waals surface area contributed by atoms with E-state index in [2.05, 4.69) is 25.8 Å². The normalized spacial score (nSPS) is 15.1. The highest BCUT2D eigenvalue weighted by molar-refractivity contribution is 7.15. The number of aromatic nitrogens is 3. The van der Waals surface area contributed by atoms with E-state index in [1.54, 1.807) is 6.92 Å². The van der Waals surface area contributed by atoms with Gasteiger partial charge in [-0.05, 0) is 31.7 Å². The van der Waals surface area contributed by atoms with Gasteiger partial charge in [-0.1, -0.05) is 35.5 Å². The molecule has 0 bridgehead atoms. The van der Waals surface area contributed by atoms with E-state index in [0.29, 0.717) is 42.8 Å². The van der Waals surface area contributed by atoms with Crippen LogP contribution in [-0.2, 0) is 28.8 Å². The van der Waals surface area contributed by atoms with Gasteiger partial charge in [-0.2, -0.15) is 4.98 Å². The lowest BCUT2D eigenvalue weighted by molar-refractivity contribution is -0.145. The maximum absolute atomic E-state index is 12.3. The second-order valence-corrected chi connectivity index (χ2v) is 8.51. The van der Waals surface area contributed by atoms with Crippen molar-refractivity contribution in [1.82, 2.24) is 20.4 Å². The molecule has 4 rings (SSSR count). The highest BCUT2D eigenvalue weighted by atomic mass is 32.1. The van der Waals surface area contributed by atoms with Gasteiger partial charge >= 0.3 is 12.0 Å². The fourth-order valence-corrected chi connectivity index (χ4v) is 4.67. The van der Waals surface area contributed by atoms with E-state index in [-0.39, 0.29) is 17.9 Å². The Morgan fingerprint density at radius 1 is 1.25 bits per heavy atom. The number of hydrogen-bond acceptors (Lipinski definition) is 8. The summed E-state index contributed by atoms with van der Waals surface area (Å²) in [4.78, 5) is 34.3. The van der Waals surface area contributed by atoms with Crippen molar-refractivity contribution in [3.05, 3.63) is 58.2 Å². The highest BCUT2D eigenvalue weighted by Crippen LogP contribution is 2.37. The summed E-state index contributed by atoms with van der Waals surface area (Å²) in [5.74, 6) is 0.482. The van der Waals surface area contributed by atoms with E-state index in [1.807, 2.05) is 30.3 Å². The summed E-state index contributed by atoms with van der Waals surface area (Å²) in [5.41, 5.74) is 1.83. The monoisotopic (exact) mass is 455 g/mol. The van der Waals surface area contributed by atoms with Crippen LogP contribution in [0.15, 0.2) is 34.9 Å². The van der Waals surface area contributed by atoms with Crippen molar-refractivity contribution in [3.63, 3.8) is 0 Å². The summed E-state index contributed by atoms with van der Waals surface area (Å²) in [7, 11) is 0. The van der Waals surface area contributed by atoms with E-state index in [1.165, 1.54) is 11.3 Å². The fourth-order valence-electron chi connectivity index (χ4n) is 3.61. The first-order valence-corrected chi connectivity index (χ1v) is 11.5. The molecule has 0 saturated carbocycles. The Kier molecular flexibility index (Phi) is 7.10. The molecular formula is C22H25N5O4S. The van der Waals surface area contributed by atoms with Gasteiger partial charge in [-0.3, -0.25) is 10.1 Å². The summed E-state index contributed by atoms with van der Waals surface area (Å²) in [6.45, 7) is 2.48. The standard InChI is InChI=1S/C22H25N5O4S/c1-2-30-20(28)15-9-6-10-16-19(15)25-22(32-16)26-21(29)23-12-11-18-24-17(27-31-18)13-14-7-4-3-5-8-14/h3-5,7-8,15H,2,6,9-13H2,1H3,(H2,23,25,26,29). The fraction of sp³-hybridized carbons (Fsp3) is 0.409. The Labute approximate surface area is 189 Å². The predicted octanol–water partition coefficient (Wildman–Crippen LogP) is 3.46. The van der Waals surface area contributed by atoms with Crippen molar-refractivity contribution in [2.75, 3.05) is 18.5 Å². The summed E-state index contributed by atoms with van der Waals surface area (Å²) >= 11 is 1.41. The number of ether oxygens (including phenoxy) is 1. The van der Waals surface area contributed by atoms with Gasteiger partial charge in [0.15, 0.2) is 11.0 Å². The lowest BCUT2D eigenvalue weighted by Crippen LogP contribution is -2.30. The summed E-state index contributed by atoms with van der Waals surface area (Å²) in [5, 5.41) is 9.99. The molecule has 0 aliphatic heterocycles. The van der Waals surface area contributed by atoms with E-state index in [0.717, 1.165) is 35.4 Å². The number of nitrogens with one attached hydrogen (secondary N) is 2. The number of hydrogen-bond donors (Lipinski definition) is 2. The maximum atomic E-state index is 12.3. The molecule has 2 N–H and O–H groups in total. The highest BCUT2D eigenvalue weighted by Gasteiger charge is 2.31. The first-order chi connectivity index (χ1) is 15.6. The van der Waals surface area contributed by atoms with Gasteiger partial charge in [0.05, 0.1) is 12.3 Å². The zero-order chi connectivity index (χ0) is 22.3. The third-order valence-corrected chi connectivity index (χ3v) is 6.13. The Balaban J connectivity index is 1.26. The number of benzene rings is 1. The molecule has 1 aromatic carbocycles. The minimum atomic E-state index is -0.368. The molecular weight excluding hydrogens is 430 g/mol. The number of carbonyl (C=O) groups is 2. The van der Waals surface area contributed by atoms with E-state index >= 15 is 0 Å². The van der Waals surface area contributed by atoms with Crippen molar-refractivity contribution in [3.8, 4) is 0 Å². The third-order valence-electron chi connectivity index (χ3n) is 5.09. The van der Waals surface area contributed by atoms with Gasteiger partial charge in [0.25, 0.3) is 0 Å². The lowest BCUT2D eigenvalue weighted by atomic mass is 9.91. The van der Waals surface area contributed by atoms with Gasteiger partial charge in [0.2, 0.25) is 5.89 Å². The van der Waals surface area contributed by atoms with Crippen molar-refractivity contribution < 1.29 is 18.8 Å². The number of anilines is 1. The summed E-state index contributed by atoms with van der Waals surface area (Å²) < 4.78 is 10.4. The molecule has 2 aromatic heterocycles. The minimum Gasteiger partial charge on any atom is -0.465 e. The van der Waals surface area contributed by atoms with E-state index in [4.69, 9.17) is 9.26 Å². The van der Waals surface area contributed by atoms with Gasteiger partial charge < -0.3 is 14.6 Å². The molecule has 10 heteroatoms. The first kappa shape index (κ1) is 21.9. The zero-order valence-corrected chi connectivity index (χ0v) is 18.6. The van der Waals surface area contributed by atoms with Crippen LogP contribution in [0.2, 0.25) is 0 Å². The van der Waals surface area contributed by atoms with Crippen LogP contribution in [0.5, 0.6) is 0 Å². The molecule has 1 unspecified atom stereocenters. The Hall–Kier alpha value is -3.27. The molecule has 0 spiro atoms. The second kappa shape index (κ2) is 10.4. The number of urea groups is 1. The topological polar surface area (TPSA) is 119 Å². The van der Waals surface area contributed by atoms with Crippen LogP contribution in [0.25, 0.3) is 0 Å². The quantitative estimate of drug-likeness (QED) is 0.499.